The Morgan fingerprint density at radius 2 is 1.78 bits per heavy atom. The molecule has 1 heterocycles. The van der Waals surface area contributed by atoms with E-state index in [0.717, 1.165) is 19.3 Å². The van der Waals surface area contributed by atoms with E-state index in [1.54, 1.807) is 7.11 Å². The van der Waals surface area contributed by atoms with Gasteiger partial charge < -0.3 is 4.74 Å². The zero-order valence-electron chi connectivity index (χ0n) is 12.9. The molecular formula is C15H28O3. The van der Waals surface area contributed by atoms with Crippen LogP contribution >= 0.6 is 0 Å². The Kier molecular flexibility index (Phi) is 3.13. The highest BCUT2D eigenvalue weighted by Crippen LogP contribution is 2.67. The summed E-state index contributed by atoms with van der Waals surface area (Å²) in [5.41, 5.74) is -0.368. The van der Waals surface area contributed by atoms with Crippen molar-refractivity contribution in [3.8, 4) is 0 Å². The highest BCUT2D eigenvalue weighted by molar-refractivity contribution is 5.16. The maximum atomic E-state index is 6.07. The first-order valence-corrected chi connectivity index (χ1v) is 7.10. The van der Waals surface area contributed by atoms with Crippen LogP contribution in [-0.2, 0) is 14.5 Å². The SMILES string of the molecule is CCC(C)(C)C1(OC)CC(C)CC(C)(C)C12OO2. The van der Waals surface area contributed by atoms with Gasteiger partial charge in [-0.15, -0.1) is 0 Å². The van der Waals surface area contributed by atoms with Crippen LogP contribution in [0.3, 0.4) is 0 Å². The van der Waals surface area contributed by atoms with Gasteiger partial charge in [-0.3, -0.25) is 0 Å². The topological polar surface area (TPSA) is 34.3 Å². The van der Waals surface area contributed by atoms with Crippen LogP contribution in [0, 0.1) is 16.7 Å². The predicted octanol–water partition coefficient (Wildman–Crippen LogP) is 3.92. The van der Waals surface area contributed by atoms with Crippen molar-refractivity contribution in [3.05, 3.63) is 0 Å². The average molecular weight is 256 g/mol. The summed E-state index contributed by atoms with van der Waals surface area (Å²) in [5, 5.41) is 0. The van der Waals surface area contributed by atoms with Crippen LogP contribution in [0.1, 0.15) is 60.8 Å². The van der Waals surface area contributed by atoms with Gasteiger partial charge in [0.05, 0.1) is 0 Å². The van der Waals surface area contributed by atoms with Crippen LogP contribution in [0.25, 0.3) is 0 Å². The van der Waals surface area contributed by atoms with Crippen LogP contribution in [-0.4, -0.2) is 18.5 Å². The largest absolute Gasteiger partial charge is 0.372 e. The molecule has 0 aromatic rings. The maximum absolute atomic E-state index is 6.07. The van der Waals surface area contributed by atoms with Crippen molar-refractivity contribution in [2.45, 2.75) is 72.2 Å². The third-order valence-corrected chi connectivity index (χ3v) is 5.49. The van der Waals surface area contributed by atoms with E-state index >= 15 is 0 Å². The van der Waals surface area contributed by atoms with Gasteiger partial charge in [0.2, 0.25) is 0 Å². The van der Waals surface area contributed by atoms with Crippen molar-refractivity contribution >= 4 is 0 Å². The zero-order chi connectivity index (χ0) is 13.8. The molecule has 2 unspecified atom stereocenters. The number of hydrogen-bond acceptors (Lipinski definition) is 3. The molecule has 3 nitrogen and oxygen atoms in total. The molecule has 0 N–H and O–H groups in total. The summed E-state index contributed by atoms with van der Waals surface area (Å²) in [5.74, 6) is 0.0463. The van der Waals surface area contributed by atoms with Gasteiger partial charge in [-0.1, -0.05) is 41.5 Å². The molecule has 2 rings (SSSR count). The predicted molar refractivity (Wildman–Crippen MR) is 70.9 cm³/mol. The van der Waals surface area contributed by atoms with Crippen molar-refractivity contribution in [1.82, 2.24) is 0 Å². The Hall–Kier alpha value is -0.120. The lowest BCUT2D eigenvalue weighted by atomic mass is 9.53. The summed E-state index contributed by atoms with van der Waals surface area (Å²) >= 11 is 0. The van der Waals surface area contributed by atoms with E-state index in [4.69, 9.17) is 14.5 Å². The molecule has 1 saturated carbocycles. The van der Waals surface area contributed by atoms with Crippen molar-refractivity contribution < 1.29 is 14.5 Å². The molecule has 106 valence electrons. The van der Waals surface area contributed by atoms with Gasteiger partial charge in [0.1, 0.15) is 5.60 Å². The standard InChI is InChI=1S/C15H28O3/c1-8-12(3,4)14(16-7)10-11(2)9-13(5,6)15(14)17-18-15/h11H,8-10H2,1-7H3. The zero-order valence-corrected chi connectivity index (χ0v) is 12.9. The monoisotopic (exact) mass is 256 g/mol. The summed E-state index contributed by atoms with van der Waals surface area (Å²) in [7, 11) is 1.80. The summed E-state index contributed by atoms with van der Waals surface area (Å²) in [6, 6.07) is 0. The van der Waals surface area contributed by atoms with Crippen molar-refractivity contribution in [1.29, 1.82) is 0 Å². The van der Waals surface area contributed by atoms with Crippen molar-refractivity contribution in [2.24, 2.45) is 16.7 Å². The van der Waals surface area contributed by atoms with Gasteiger partial charge in [0, 0.05) is 12.5 Å². The molecular weight excluding hydrogens is 228 g/mol. The first-order chi connectivity index (χ1) is 8.18. The maximum Gasteiger partial charge on any atom is 0.268 e. The fraction of sp³-hybridized carbons (Fsp3) is 1.00. The third kappa shape index (κ3) is 1.53. The molecule has 0 aromatic heterocycles. The molecule has 0 bridgehead atoms. The van der Waals surface area contributed by atoms with Crippen LogP contribution in [0.15, 0.2) is 0 Å². The third-order valence-electron chi connectivity index (χ3n) is 5.49. The van der Waals surface area contributed by atoms with E-state index in [-0.39, 0.29) is 16.4 Å². The minimum Gasteiger partial charge on any atom is -0.372 e. The molecule has 0 radical (unpaired) electrons. The summed E-state index contributed by atoms with van der Waals surface area (Å²) in [6.07, 6.45) is 3.14. The Labute approximate surface area is 111 Å². The van der Waals surface area contributed by atoms with Crippen molar-refractivity contribution in [3.63, 3.8) is 0 Å². The highest BCUT2D eigenvalue weighted by atomic mass is 17.4. The molecule has 0 amide bonds. The Morgan fingerprint density at radius 1 is 1.22 bits per heavy atom. The molecule has 1 aliphatic carbocycles. The Bertz CT molecular complexity index is 331. The van der Waals surface area contributed by atoms with Gasteiger partial charge in [0.15, 0.2) is 0 Å². The van der Waals surface area contributed by atoms with Crippen LogP contribution in [0.2, 0.25) is 0 Å². The minimum atomic E-state index is -0.569. The van der Waals surface area contributed by atoms with Crippen LogP contribution < -0.4 is 0 Å². The minimum absolute atomic E-state index is 0.0181. The summed E-state index contributed by atoms with van der Waals surface area (Å²) < 4.78 is 6.07. The number of hydrogen-bond donors (Lipinski definition) is 0. The van der Waals surface area contributed by atoms with Gasteiger partial charge in [-0.25, -0.2) is 0 Å². The van der Waals surface area contributed by atoms with E-state index in [9.17, 15) is 0 Å². The van der Waals surface area contributed by atoms with E-state index in [1.807, 2.05) is 0 Å². The first-order valence-electron chi connectivity index (χ1n) is 7.10. The molecule has 1 saturated heterocycles. The number of rotatable bonds is 3. The number of ether oxygens (including phenoxy) is 1. The molecule has 18 heavy (non-hydrogen) atoms. The van der Waals surface area contributed by atoms with Crippen molar-refractivity contribution in [2.75, 3.05) is 7.11 Å². The molecule has 2 fully saturated rings. The molecule has 1 aliphatic heterocycles. The van der Waals surface area contributed by atoms with E-state index in [2.05, 4.69) is 41.5 Å². The Balaban J connectivity index is 2.51. The second kappa shape index (κ2) is 3.94. The lowest BCUT2D eigenvalue weighted by Crippen LogP contribution is -2.66. The molecule has 0 aromatic carbocycles. The fourth-order valence-electron chi connectivity index (χ4n) is 4.15. The highest BCUT2D eigenvalue weighted by Gasteiger charge is 2.79. The molecule has 2 aliphatic rings. The van der Waals surface area contributed by atoms with Gasteiger partial charge in [0.25, 0.3) is 5.79 Å². The fourth-order valence-corrected chi connectivity index (χ4v) is 4.15. The lowest BCUT2D eigenvalue weighted by Gasteiger charge is -2.55. The van der Waals surface area contributed by atoms with Gasteiger partial charge in [-0.05, 0) is 30.6 Å². The molecule has 1 spiro atoms. The van der Waals surface area contributed by atoms with E-state index < -0.39 is 5.79 Å². The lowest BCUT2D eigenvalue weighted by molar-refractivity contribution is -0.221. The average Bonchev–Trinajstić information content (AvgIpc) is 3.05. The number of methoxy groups -OCH3 is 1. The van der Waals surface area contributed by atoms with Gasteiger partial charge >= 0.3 is 0 Å². The second-order valence-electron chi connectivity index (χ2n) is 7.45. The summed E-state index contributed by atoms with van der Waals surface area (Å²) in [6.45, 7) is 13.5. The summed E-state index contributed by atoms with van der Waals surface area (Å²) in [4.78, 5) is 11.1. The van der Waals surface area contributed by atoms with E-state index in [1.165, 1.54) is 0 Å². The first kappa shape index (κ1) is 14.3. The Morgan fingerprint density at radius 3 is 2.17 bits per heavy atom. The van der Waals surface area contributed by atoms with Gasteiger partial charge in [-0.2, -0.15) is 9.78 Å². The quantitative estimate of drug-likeness (QED) is 0.567. The normalized spacial score (nSPS) is 37.8. The molecule has 3 heteroatoms. The van der Waals surface area contributed by atoms with Crippen LogP contribution in [0.4, 0.5) is 0 Å². The van der Waals surface area contributed by atoms with Crippen LogP contribution in [0.5, 0.6) is 0 Å². The molecule has 2 atom stereocenters. The second-order valence-corrected chi connectivity index (χ2v) is 7.45. The van der Waals surface area contributed by atoms with E-state index in [0.29, 0.717) is 5.92 Å². The smallest absolute Gasteiger partial charge is 0.268 e.